The van der Waals surface area contributed by atoms with Crippen LogP contribution in [0.15, 0.2) is 48.8 Å². The van der Waals surface area contributed by atoms with Crippen molar-refractivity contribution in [2.24, 2.45) is 0 Å². The third-order valence-corrected chi connectivity index (χ3v) is 2.86. The topological polar surface area (TPSA) is 70.7 Å². The number of H-pyrrole nitrogens is 1. The molecule has 2 N–H and O–H groups in total. The Balaban J connectivity index is 1.77. The predicted molar refractivity (Wildman–Crippen MR) is 71.5 cm³/mol. The third kappa shape index (κ3) is 2.44. The van der Waals surface area contributed by atoms with Gasteiger partial charge in [0.2, 0.25) is 0 Å². The monoisotopic (exact) mass is 252 g/mol. The molecule has 0 fully saturated rings. The summed E-state index contributed by atoms with van der Waals surface area (Å²) in [5.41, 5.74) is 2.38. The molecule has 5 nitrogen and oxygen atoms in total. The summed E-state index contributed by atoms with van der Waals surface area (Å²) in [5, 5.41) is 10.4. The lowest BCUT2D eigenvalue weighted by Crippen LogP contribution is -2.22. The van der Waals surface area contributed by atoms with Crippen molar-refractivity contribution < 1.29 is 4.79 Å². The average Bonchev–Trinajstić information content (AvgIpc) is 2.97. The molecule has 3 aromatic rings. The lowest BCUT2D eigenvalue weighted by Gasteiger charge is -2.04. The van der Waals surface area contributed by atoms with Gasteiger partial charge in [-0.25, -0.2) is 0 Å². The molecule has 0 unspecified atom stereocenters. The van der Waals surface area contributed by atoms with Crippen LogP contribution in [0.5, 0.6) is 0 Å². The zero-order valence-corrected chi connectivity index (χ0v) is 10.1. The Morgan fingerprint density at radius 1 is 1.21 bits per heavy atom. The summed E-state index contributed by atoms with van der Waals surface area (Å²) in [5.74, 6) is -0.111. The van der Waals surface area contributed by atoms with E-state index in [1.54, 1.807) is 18.5 Å². The number of carbonyl (C=O) groups excluding carboxylic acids is 1. The van der Waals surface area contributed by atoms with Crippen LogP contribution in [0.25, 0.3) is 10.9 Å². The first kappa shape index (κ1) is 11.4. The highest BCUT2D eigenvalue weighted by atomic mass is 16.1. The highest BCUT2D eigenvalue weighted by Gasteiger charge is 2.06. The van der Waals surface area contributed by atoms with E-state index in [0.29, 0.717) is 12.1 Å². The number of fused-ring (bicyclic) bond motifs is 1. The smallest absolute Gasteiger partial charge is 0.251 e. The van der Waals surface area contributed by atoms with Crippen LogP contribution in [-0.4, -0.2) is 21.1 Å². The van der Waals surface area contributed by atoms with Crippen molar-refractivity contribution >= 4 is 16.8 Å². The summed E-state index contributed by atoms with van der Waals surface area (Å²) >= 11 is 0. The second kappa shape index (κ2) is 4.89. The van der Waals surface area contributed by atoms with Crippen LogP contribution >= 0.6 is 0 Å². The van der Waals surface area contributed by atoms with Gasteiger partial charge in [0.25, 0.3) is 5.91 Å². The molecule has 0 saturated heterocycles. The molecule has 0 saturated carbocycles. The first-order valence-corrected chi connectivity index (χ1v) is 5.94. The number of nitrogens with zero attached hydrogens (tertiary/aromatic N) is 2. The number of aromatic amines is 1. The maximum atomic E-state index is 12.0. The molecule has 1 amide bonds. The molecule has 1 aromatic carbocycles. The fourth-order valence-corrected chi connectivity index (χ4v) is 1.88. The number of rotatable bonds is 3. The molecule has 19 heavy (non-hydrogen) atoms. The van der Waals surface area contributed by atoms with Gasteiger partial charge < -0.3 is 5.32 Å². The van der Waals surface area contributed by atoms with Gasteiger partial charge in [0, 0.05) is 23.3 Å². The molecule has 0 bridgehead atoms. The Hall–Kier alpha value is -2.69. The summed E-state index contributed by atoms with van der Waals surface area (Å²) in [7, 11) is 0. The number of carbonyl (C=O) groups is 1. The standard InChI is InChI=1S/C14H12N4O/c19-14(16-9-12-5-7-17-18-12)11-3-4-13-10(8-11)2-1-6-15-13/h1-8H,9H2,(H,16,19)(H,17,18). The van der Waals surface area contributed by atoms with E-state index in [9.17, 15) is 4.79 Å². The highest BCUT2D eigenvalue weighted by Crippen LogP contribution is 2.13. The second-order valence-electron chi connectivity index (χ2n) is 4.18. The van der Waals surface area contributed by atoms with E-state index in [2.05, 4.69) is 20.5 Å². The number of nitrogens with one attached hydrogen (secondary N) is 2. The SMILES string of the molecule is O=C(NCc1ccn[nH]1)c1ccc2ncccc2c1. The van der Waals surface area contributed by atoms with Gasteiger partial charge in [0.05, 0.1) is 17.8 Å². The lowest BCUT2D eigenvalue weighted by molar-refractivity contribution is 0.0950. The minimum atomic E-state index is -0.111. The molecule has 0 radical (unpaired) electrons. The molecule has 2 aromatic heterocycles. The Morgan fingerprint density at radius 2 is 2.16 bits per heavy atom. The van der Waals surface area contributed by atoms with Crippen LogP contribution in [0, 0.1) is 0 Å². The first-order valence-electron chi connectivity index (χ1n) is 5.94. The Labute approximate surface area is 109 Å². The van der Waals surface area contributed by atoms with Crippen LogP contribution in [0.1, 0.15) is 16.1 Å². The summed E-state index contributed by atoms with van der Waals surface area (Å²) in [6.07, 6.45) is 3.39. The maximum absolute atomic E-state index is 12.0. The Bertz CT molecular complexity index is 706. The highest BCUT2D eigenvalue weighted by molar-refractivity contribution is 5.97. The number of pyridine rings is 1. The second-order valence-corrected chi connectivity index (χ2v) is 4.18. The quantitative estimate of drug-likeness (QED) is 0.747. The van der Waals surface area contributed by atoms with Crippen LogP contribution in [0.4, 0.5) is 0 Å². The molecule has 0 aliphatic carbocycles. The van der Waals surface area contributed by atoms with Gasteiger partial charge in [-0.2, -0.15) is 5.10 Å². The number of aromatic nitrogens is 3. The Kier molecular flexibility index (Phi) is 2.94. The zero-order chi connectivity index (χ0) is 13.1. The summed E-state index contributed by atoms with van der Waals surface area (Å²) < 4.78 is 0. The maximum Gasteiger partial charge on any atom is 0.251 e. The van der Waals surface area contributed by atoms with Gasteiger partial charge in [0.15, 0.2) is 0 Å². The van der Waals surface area contributed by atoms with E-state index in [0.717, 1.165) is 16.6 Å². The van der Waals surface area contributed by atoms with E-state index in [1.165, 1.54) is 0 Å². The molecule has 0 aliphatic rings. The fraction of sp³-hybridized carbons (Fsp3) is 0.0714. The normalized spacial score (nSPS) is 10.5. The minimum Gasteiger partial charge on any atom is -0.346 e. The fourth-order valence-electron chi connectivity index (χ4n) is 1.88. The van der Waals surface area contributed by atoms with Gasteiger partial charge in [-0.05, 0) is 30.3 Å². The molecule has 0 aliphatic heterocycles. The van der Waals surface area contributed by atoms with Crippen LogP contribution < -0.4 is 5.32 Å². The molecular formula is C14H12N4O. The van der Waals surface area contributed by atoms with Crippen molar-refractivity contribution in [2.75, 3.05) is 0 Å². The van der Waals surface area contributed by atoms with E-state index in [-0.39, 0.29) is 5.91 Å². The molecular weight excluding hydrogens is 240 g/mol. The van der Waals surface area contributed by atoms with Gasteiger partial charge in [-0.15, -0.1) is 0 Å². The Morgan fingerprint density at radius 3 is 3.00 bits per heavy atom. The van der Waals surface area contributed by atoms with Gasteiger partial charge in [-0.1, -0.05) is 6.07 Å². The summed E-state index contributed by atoms with van der Waals surface area (Å²) in [6.45, 7) is 0.434. The largest absolute Gasteiger partial charge is 0.346 e. The van der Waals surface area contributed by atoms with Gasteiger partial charge in [-0.3, -0.25) is 14.9 Å². The average molecular weight is 252 g/mol. The zero-order valence-electron chi connectivity index (χ0n) is 10.1. The number of hydrogen-bond acceptors (Lipinski definition) is 3. The van der Waals surface area contributed by atoms with Gasteiger partial charge >= 0.3 is 0 Å². The predicted octanol–water partition coefficient (Wildman–Crippen LogP) is 1.89. The van der Waals surface area contributed by atoms with Crippen LogP contribution in [0.3, 0.4) is 0 Å². The number of hydrogen-bond donors (Lipinski definition) is 2. The van der Waals surface area contributed by atoms with Crippen molar-refractivity contribution in [3.8, 4) is 0 Å². The molecule has 2 heterocycles. The third-order valence-electron chi connectivity index (χ3n) is 2.86. The number of benzene rings is 1. The van der Waals surface area contributed by atoms with Crippen molar-refractivity contribution in [2.45, 2.75) is 6.54 Å². The van der Waals surface area contributed by atoms with Crippen LogP contribution in [0.2, 0.25) is 0 Å². The van der Waals surface area contributed by atoms with Crippen molar-refractivity contribution in [3.63, 3.8) is 0 Å². The van der Waals surface area contributed by atoms with Crippen molar-refractivity contribution in [1.29, 1.82) is 0 Å². The van der Waals surface area contributed by atoms with E-state index >= 15 is 0 Å². The lowest BCUT2D eigenvalue weighted by atomic mass is 10.1. The molecule has 94 valence electrons. The molecule has 0 atom stereocenters. The molecule has 3 rings (SSSR count). The first-order chi connectivity index (χ1) is 9.33. The summed E-state index contributed by atoms with van der Waals surface area (Å²) in [6, 6.07) is 11.1. The molecule has 0 spiro atoms. The van der Waals surface area contributed by atoms with Crippen molar-refractivity contribution in [1.82, 2.24) is 20.5 Å². The van der Waals surface area contributed by atoms with E-state index < -0.39 is 0 Å². The van der Waals surface area contributed by atoms with Crippen molar-refractivity contribution in [3.05, 3.63) is 60.0 Å². The molecule has 5 heteroatoms. The number of amides is 1. The van der Waals surface area contributed by atoms with E-state index in [1.807, 2.05) is 30.3 Å². The summed E-state index contributed by atoms with van der Waals surface area (Å²) in [4.78, 5) is 16.2. The van der Waals surface area contributed by atoms with Gasteiger partial charge in [0.1, 0.15) is 0 Å². The van der Waals surface area contributed by atoms with E-state index in [4.69, 9.17) is 0 Å². The van der Waals surface area contributed by atoms with Crippen LogP contribution in [-0.2, 0) is 6.54 Å². The minimum absolute atomic E-state index is 0.111.